The van der Waals surface area contributed by atoms with E-state index in [-0.39, 0.29) is 18.4 Å². The molecule has 0 saturated carbocycles. The Hall–Kier alpha value is -2.62. The van der Waals surface area contributed by atoms with Gasteiger partial charge in [-0.15, -0.1) is 0 Å². The van der Waals surface area contributed by atoms with Gasteiger partial charge in [-0.05, 0) is 23.3 Å². The molecule has 0 radical (unpaired) electrons. The van der Waals surface area contributed by atoms with E-state index >= 15 is 0 Å². The van der Waals surface area contributed by atoms with Gasteiger partial charge < -0.3 is 9.47 Å². The molecule has 0 amide bonds. The summed E-state index contributed by atoms with van der Waals surface area (Å²) in [5, 5.41) is 0. The Labute approximate surface area is 122 Å². The lowest BCUT2D eigenvalue weighted by Gasteiger charge is -2.08. The Morgan fingerprint density at radius 3 is 2.62 bits per heavy atom. The SMILES string of the molecule is COc1cccc2c1-c1ccc(COC(C)=O)cc1C2=O. The number of ether oxygens (including phenoxy) is 2. The first-order valence-electron chi connectivity index (χ1n) is 6.60. The molecule has 0 atom stereocenters. The zero-order valence-electron chi connectivity index (χ0n) is 11.8. The summed E-state index contributed by atoms with van der Waals surface area (Å²) >= 11 is 0. The standard InChI is InChI=1S/C17H14O4/c1-10(18)21-9-11-6-7-12-14(8-11)17(19)13-4-3-5-15(20-2)16(12)13/h3-8H,9H2,1-2H3. The predicted molar refractivity (Wildman–Crippen MR) is 77.3 cm³/mol. The van der Waals surface area contributed by atoms with E-state index < -0.39 is 0 Å². The highest BCUT2D eigenvalue weighted by Crippen LogP contribution is 2.42. The van der Waals surface area contributed by atoms with E-state index in [1.54, 1.807) is 25.3 Å². The molecule has 106 valence electrons. The van der Waals surface area contributed by atoms with Crippen molar-refractivity contribution in [3.63, 3.8) is 0 Å². The van der Waals surface area contributed by atoms with Crippen LogP contribution in [0.3, 0.4) is 0 Å². The van der Waals surface area contributed by atoms with Crippen molar-refractivity contribution in [3.05, 3.63) is 53.1 Å². The first-order chi connectivity index (χ1) is 10.1. The molecule has 0 aromatic heterocycles. The number of carbonyl (C=O) groups is 2. The maximum absolute atomic E-state index is 12.5. The van der Waals surface area contributed by atoms with Gasteiger partial charge in [-0.3, -0.25) is 9.59 Å². The largest absolute Gasteiger partial charge is 0.496 e. The summed E-state index contributed by atoms with van der Waals surface area (Å²) in [6.07, 6.45) is 0. The molecule has 0 spiro atoms. The second-order valence-corrected chi connectivity index (χ2v) is 4.87. The highest BCUT2D eigenvalue weighted by molar-refractivity contribution is 6.22. The van der Waals surface area contributed by atoms with Gasteiger partial charge in [0.1, 0.15) is 12.4 Å². The number of fused-ring (bicyclic) bond motifs is 3. The molecular formula is C17H14O4. The molecule has 0 saturated heterocycles. The van der Waals surface area contributed by atoms with E-state index in [0.29, 0.717) is 16.9 Å². The van der Waals surface area contributed by atoms with Crippen molar-refractivity contribution in [2.24, 2.45) is 0 Å². The monoisotopic (exact) mass is 282 g/mol. The molecule has 3 rings (SSSR count). The van der Waals surface area contributed by atoms with Crippen molar-refractivity contribution in [3.8, 4) is 16.9 Å². The first-order valence-corrected chi connectivity index (χ1v) is 6.60. The van der Waals surface area contributed by atoms with Gasteiger partial charge in [-0.1, -0.05) is 24.3 Å². The number of methoxy groups -OCH3 is 1. The van der Waals surface area contributed by atoms with Crippen molar-refractivity contribution in [1.82, 2.24) is 0 Å². The van der Waals surface area contributed by atoms with Crippen LogP contribution in [0.15, 0.2) is 36.4 Å². The molecule has 0 aliphatic heterocycles. The Balaban J connectivity index is 2.06. The maximum Gasteiger partial charge on any atom is 0.302 e. The van der Waals surface area contributed by atoms with Gasteiger partial charge in [-0.25, -0.2) is 0 Å². The van der Waals surface area contributed by atoms with E-state index in [0.717, 1.165) is 16.7 Å². The third kappa shape index (κ3) is 2.18. The quantitative estimate of drug-likeness (QED) is 0.693. The second kappa shape index (κ2) is 5.05. The van der Waals surface area contributed by atoms with Crippen molar-refractivity contribution in [2.45, 2.75) is 13.5 Å². The fourth-order valence-corrected chi connectivity index (χ4v) is 2.59. The molecular weight excluding hydrogens is 268 g/mol. The highest BCUT2D eigenvalue weighted by Gasteiger charge is 2.29. The Kier molecular flexibility index (Phi) is 3.22. The molecule has 0 fully saturated rings. The molecule has 2 aromatic carbocycles. The van der Waals surface area contributed by atoms with Gasteiger partial charge in [0.05, 0.1) is 7.11 Å². The van der Waals surface area contributed by atoms with Crippen LogP contribution in [0, 0.1) is 0 Å². The average molecular weight is 282 g/mol. The number of rotatable bonds is 3. The Morgan fingerprint density at radius 2 is 1.90 bits per heavy atom. The molecule has 4 nitrogen and oxygen atoms in total. The Morgan fingerprint density at radius 1 is 1.10 bits per heavy atom. The molecule has 4 heteroatoms. The first kappa shape index (κ1) is 13.4. The highest BCUT2D eigenvalue weighted by atomic mass is 16.5. The minimum Gasteiger partial charge on any atom is -0.496 e. The third-order valence-corrected chi connectivity index (χ3v) is 3.53. The molecule has 21 heavy (non-hydrogen) atoms. The van der Waals surface area contributed by atoms with Crippen LogP contribution >= 0.6 is 0 Å². The predicted octanol–water partition coefficient (Wildman–Crippen LogP) is 2.97. The van der Waals surface area contributed by atoms with E-state index in [1.165, 1.54) is 6.92 Å². The van der Waals surface area contributed by atoms with Crippen LogP contribution in [0.1, 0.15) is 28.4 Å². The van der Waals surface area contributed by atoms with Gasteiger partial charge >= 0.3 is 5.97 Å². The number of hydrogen-bond acceptors (Lipinski definition) is 4. The minimum absolute atomic E-state index is 0.0245. The summed E-state index contributed by atoms with van der Waals surface area (Å²) in [5.74, 6) is 0.322. The summed E-state index contributed by atoms with van der Waals surface area (Å²) in [4.78, 5) is 23.4. The zero-order chi connectivity index (χ0) is 15.0. The van der Waals surface area contributed by atoms with Crippen LogP contribution in [0.5, 0.6) is 5.75 Å². The lowest BCUT2D eigenvalue weighted by atomic mass is 10.0. The summed E-state index contributed by atoms with van der Waals surface area (Å²) < 4.78 is 10.3. The summed E-state index contributed by atoms with van der Waals surface area (Å²) in [7, 11) is 1.59. The number of hydrogen-bond donors (Lipinski definition) is 0. The fourth-order valence-electron chi connectivity index (χ4n) is 2.59. The van der Waals surface area contributed by atoms with Crippen LogP contribution in [-0.2, 0) is 16.1 Å². The van der Waals surface area contributed by atoms with Crippen LogP contribution in [0.25, 0.3) is 11.1 Å². The van der Waals surface area contributed by atoms with Crippen LogP contribution in [0.2, 0.25) is 0 Å². The molecule has 0 bridgehead atoms. The third-order valence-electron chi connectivity index (χ3n) is 3.53. The van der Waals surface area contributed by atoms with Crippen molar-refractivity contribution >= 4 is 11.8 Å². The summed E-state index contributed by atoms with van der Waals surface area (Å²) in [6.45, 7) is 1.53. The summed E-state index contributed by atoms with van der Waals surface area (Å²) in [5.41, 5.74) is 3.76. The van der Waals surface area contributed by atoms with Gasteiger partial charge in [-0.2, -0.15) is 0 Å². The van der Waals surface area contributed by atoms with E-state index in [4.69, 9.17) is 9.47 Å². The second-order valence-electron chi connectivity index (χ2n) is 4.87. The van der Waals surface area contributed by atoms with Crippen LogP contribution < -0.4 is 4.74 Å². The van der Waals surface area contributed by atoms with Gasteiger partial charge in [0, 0.05) is 23.6 Å². The van der Waals surface area contributed by atoms with E-state index in [1.807, 2.05) is 18.2 Å². The normalized spacial score (nSPS) is 11.8. The number of ketones is 1. The molecule has 0 heterocycles. The van der Waals surface area contributed by atoms with Gasteiger partial charge in [0.25, 0.3) is 0 Å². The fraction of sp³-hybridized carbons (Fsp3) is 0.176. The lowest BCUT2D eigenvalue weighted by Crippen LogP contribution is -2.00. The number of benzene rings is 2. The summed E-state index contributed by atoms with van der Waals surface area (Å²) in [6, 6.07) is 11.0. The number of esters is 1. The zero-order valence-corrected chi connectivity index (χ0v) is 11.8. The van der Waals surface area contributed by atoms with Crippen molar-refractivity contribution in [1.29, 1.82) is 0 Å². The van der Waals surface area contributed by atoms with Crippen molar-refractivity contribution in [2.75, 3.05) is 7.11 Å². The van der Waals surface area contributed by atoms with Crippen molar-refractivity contribution < 1.29 is 19.1 Å². The smallest absolute Gasteiger partial charge is 0.302 e. The van der Waals surface area contributed by atoms with Crippen LogP contribution in [-0.4, -0.2) is 18.9 Å². The maximum atomic E-state index is 12.5. The Bertz CT molecular complexity index is 746. The molecule has 2 aromatic rings. The van der Waals surface area contributed by atoms with E-state index in [9.17, 15) is 9.59 Å². The lowest BCUT2D eigenvalue weighted by molar-refractivity contribution is -0.142. The average Bonchev–Trinajstić information content (AvgIpc) is 2.78. The van der Waals surface area contributed by atoms with Gasteiger partial charge in [0.15, 0.2) is 5.78 Å². The molecule has 1 aliphatic carbocycles. The molecule has 0 N–H and O–H groups in total. The minimum atomic E-state index is -0.341. The molecule has 0 unspecified atom stereocenters. The number of carbonyl (C=O) groups excluding carboxylic acids is 2. The van der Waals surface area contributed by atoms with Crippen LogP contribution in [0.4, 0.5) is 0 Å². The van der Waals surface area contributed by atoms with E-state index in [2.05, 4.69) is 0 Å². The van der Waals surface area contributed by atoms with Gasteiger partial charge in [0.2, 0.25) is 0 Å². The molecule has 1 aliphatic rings. The topological polar surface area (TPSA) is 52.6 Å².